The number of ether oxygens (including phenoxy) is 1. The third-order valence-electron chi connectivity index (χ3n) is 3.62. The van der Waals surface area contributed by atoms with E-state index >= 15 is 0 Å². The molecule has 0 aliphatic carbocycles. The number of benzene rings is 1. The number of hydrogen-bond donors (Lipinski definition) is 1. The summed E-state index contributed by atoms with van der Waals surface area (Å²) in [6.45, 7) is 1.21. The molecule has 0 bridgehead atoms. The largest absolute Gasteiger partial charge is 0.453 e. The van der Waals surface area contributed by atoms with Gasteiger partial charge in [-0.25, -0.2) is 0 Å². The molecule has 1 aromatic heterocycles. The van der Waals surface area contributed by atoms with Crippen LogP contribution in [-0.2, 0) is 11.3 Å². The second-order valence-corrected chi connectivity index (χ2v) is 5.52. The van der Waals surface area contributed by atoms with Crippen molar-refractivity contribution in [3.8, 4) is 0 Å². The van der Waals surface area contributed by atoms with E-state index in [9.17, 15) is 4.79 Å². The van der Waals surface area contributed by atoms with E-state index in [-0.39, 0.29) is 24.4 Å². The molecule has 2 heterocycles. The maximum atomic E-state index is 12.4. The molecule has 1 amide bonds. The van der Waals surface area contributed by atoms with Crippen LogP contribution in [0.25, 0.3) is 0 Å². The number of morpholine rings is 1. The molecular formula is C16H16ClNO4. The molecule has 0 radical (unpaired) electrons. The van der Waals surface area contributed by atoms with Crippen LogP contribution in [0.3, 0.4) is 0 Å². The molecule has 0 saturated carbocycles. The highest BCUT2D eigenvalue weighted by atomic mass is 35.5. The average molecular weight is 322 g/mol. The van der Waals surface area contributed by atoms with Crippen LogP contribution < -0.4 is 0 Å². The van der Waals surface area contributed by atoms with E-state index in [0.29, 0.717) is 30.5 Å². The van der Waals surface area contributed by atoms with Crippen LogP contribution in [0.1, 0.15) is 28.0 Å². The summed E-state index contributed by atoms with van der Waals surface area (Å²) in [5.41, 5.74) is 0.984. The van der Waals surface area contributed by atoms with Crippen molar-refractivity contribution in [1.29, 1.82) is 0 Å². The Bertz CT molecular complexity index is 652. The van der Waals surface area contributed by atoms with Crippen molar-refractivity contribution in [1.82, 2.24) is 4.90 Å². The molecule has 1 unspecified atom stereocenters. The second kappa shape index (κ2) is 6.52. The highest BCUT2D eigenvalue weighted by Gasteiger charge is 2.27. The zero-order valence-corrected chi connectivity index (χ0v) is 12.6. The first-order valence-corrected chi connectivity index (χ1v) is 7.41. The molecule has 1 aromatic carbocycles. The Morgan fingerprint density at radius 2 is 2.05 bits per heavy atom. The van der Waals surface area contributed by atoms with E-state index in [2.05, 4.69) is 0 Å². The van der Waals surface area contributed by atoms with Gasteiger partial charge in [0.25, 0.3) is 5.91 Å². The summed E-state index contributed by atoms with van der Waals surface area (Å²) in [6.07, 6.45) is -0.178. The van der Waals surface area contributed by atoms with Gasteiger partial charge in [-0.15, -0.1) is 0 Å². The van der Waals surface area contributed by atoms with Crippen LogP contribution in [0, 0.1) is 0 Å². The maximum Gasteiger partial charge on any atom is 0.289 e. The fourth-order valence-corrected chi connectivity index (χ4v) is 2.57. The molecule has 0 spiro atoms. The second-order valence-electron chi connectivity index (χ2n) is 5.09. The minimum atomic E-state index is -0.218. The van der Waals surface area contributed by atoms with Crippen LogP contribution >= 0.6 is 11.6 Å². The lowest BCUT2D eigenvalue weighted by Crippen LogP contribution is -2.42. The minimum Gasteiger partial charge on any atom is -0.453 e. The van der Waals surface area contributed by atoms with Gasteiger partial charge in [-0.05, 0) is 29.8 Å². The molecular weight excluding hydrogens is 306 g/mol. The summed E-state index contributed by atoms with van der Waals surface area (Å²) in [5, 5.41) is 9.67. The van der Waals surface area contributed by atoms with Crippen molar-refractivity contribution in [2.24, 2.45) is 0 Å². The van der Waals surface area contributed by atoms with Gasteiger partial charge in [0, 0.05) is 11.6 Å². The molecule has 6 heteroatoms. The first-order chi connectivity index (χ1) is 10.7. The van der Waals surface area contributed by atoms with Gasteiger partial charge in [-0.2, -0.15) is 0 Å². The summed E-state index contributed by atoms with van der Waals surface area (Å²) in [6, 6.07) is 10.6. The van der Waals surface area contributed by atoms with Gasteiger partial charge in [-0.3, -0.25) is 4.79 Å². The predicted molar refractivity (Wildman–Crippen MR) is 80.7 cm³/mol. The van der Waals surface area contributed by atoms with Crippen molar-refractivity contribution in [2.75, 3.05) is 19.7 Å². The summed E-state index contributed by atoms with van der Waals surface area (Å²) in [5.74, 6) is 0.425. The Labute approximate surface area is 133 Å². The van der Waals surface area contributed by atoms with Crippen molar-refractivity contribution in [3.05, 3.63) is 58.5 Å². The molecule has 1 aliphatic heterocycles. The van der Waals surface area contributed by atoms with E-state index in [1.807, 2.05) is 12.1 Å². The van der Waals surface area contributed by atoms with Gasteiger partial charge in [0.2, 0.25) is 0 Å². The highest BCUT2D eigenvalue weighted by molar-refractivity contribution is 6.30. The number of halogens is 1. The molecule has 1 atom stereocenters. The summed E-state index contributed by atoms with van der Waals surface area (Å²) >= 11 is 5.89. The molecule has 1 saturated heterocycles. The Balaban J connectivity index is 1.72. The number of hydrogen-bond acceptors (Lipinski definition) is 4. The standard InChI is InChI=1S/C16H16ClNO4/c17-12-3-1-11(2-4-12)15-9-18(7-8-21-15)16(20)14-6-5-13(10-19)22-14/h1-6,15,19H,7-10H2. The fraction of sp³-hybridized carbons (Fsp3) is 0.312. The van der Waals surface area contributed by atoms with E-state index in [4.69, 9.17) is 25.9 Å². The lowest BCUT2D eigenvalue weighted by molar-refractivity contribution is -0.0238. The molecule has 3 rings (SSSR count). The number of furan rings is 1. The van der Waals surface area contributed by atoms with E-state index in [0.717, 1.165) is 5.56 Å². The third-order valence-corrected chi connectivity index (χ3v) is 3.88. The summed E-state index contributed by atoms with van der Waals surface area (Å²) in [4.78, 5) is 14.1. The predicted octanol–water partition coefficient (Wildman–Crippen LogP) is 2.64. The lowest BCUT2D eigenvalue weighted by atomic mass is 10.1. The van der Waals surface area contributed by atoms with Gasteiger partial charge in [0.1, 0.15) is 18.5 Å². The summed E-state index contributed by atoms with van der Waals surface area (Å²) in [7, 11) is 0. The number of carbonyl (C=O) groups is 1. The van der Waals surface area contributed by atoms with Crippen LogP contribution in [0.4, 0.5) is 0 Å². The van der Waals surface area contributed by atoms with Gasteiger partial charge in [-0.1, -0.05) is 23.7 Å². The number of amides is 1. The first-order valence-electron chi connectivity index (χ1n) is 7.03. The van der Waals surface area contributed by atoms with Gasteiger partial charge in [0.15, 0.2) is 5.76 Å². The van der Waals surface area contributed by atoms with Crippen molar-refractivity contribution in [2.45, 2.75) is 12.7 Å². The Kier molecular flexibility index (Phi) is 4.47. The average Bonchev–Trinajstić information content (AvgIpc) is 3.04. The molecule has 5 nitrogen and oxygen atoms in total. The lowest BCUT2D eigenvalue weighted by Gasteiger charge is -2.32. The van der Waals surface area contributed by atoms with E-state index in [1.165, 1.54) is 0 Å². The van der Waals surface area contributed by atoms with Crippen molar-refractivity contribution >= 4 is 17.5 Å². The first kappa shape index (κ1) is 15.1. The quantitative estimate of drug-likeness (QED) is 0.944. The minimum absolute atomic E-state index is 0.178. The van der Waals surface area contributed by atoms with Crippen molar-refractivity contribution < 1.29 is 19.1 Å². The molecule has 116 valence electrons. The van der Waals surface area contributed by atoms with E-state index < -0.39 is 0 Å². The topological polar surface area (TPSA) is 62.9 Å². The van der Waals surface area contributed by atoms with E-state index in [1.54, 1.807) is 29.2 Å². The Morgan fingerprint density at radius 1 is 1.27 bits per heavy atom. The third kappa shape index (κ3) is 3.16. The molecule has 1 aliphatic rings. The molecule has 1 fully saturated rings. The monoisotopic (exact) mass is 321 g/mol. The van der Waals surface area contributed by atoms with Gasteiger partial charge in [0.05, 0.1) is 13.2 Å². The fourth-order valence-electron chi connectivity index (χ4n) is 2.45. The molecule has 1 N–H and O–H groups in total. The van der Waals surface area contributed by atoms with Crippen LogP contribution in [0.5, 0.6) is 0 Å². The Hall–Kier alpha value is -1.82. The summed E-state index contributed by atoms with van der Waals surface area (Å²) < 4.78 is 11.0. The maximum absolute atomic E-state index is 12.4. The zero-order valence-electron chi connectivity index (χ0n) is 11.9. The molecule has 2 aromatic rings. The highest BCUT2D eigenvalue weighted by Crippen LogP contribution is 2.25. The number of aliphatic hydroxyl groups excluding tert-OH is 1. The SMILES string of the molecule is O=C(c1ccc(CO)o1)N1CCOC(c2ccc(Cl)cc2)C1. The number of carbonyl (C=O) groups excluding carboxylic acids is 1. The smallest absolute Gasteiger partial charge is 0.289 e. The van der Waals surface area contributed by atoms with Gasteiger partial charge >= 0.3 is 0 Å². The number of aliphatic hydroxyl groups is 1. The van der Waals surface area contributed by atoms with Crippen LogP contribution in [-0.4, -0.2) is 35.6 Å². The van der Waals surface area contributed by atoms with Crippen molar-refractivity contribution in [3.63, 3.8) is 0 Å². The van der Waals surface area contributed by atoms with Gasteiger partial charge < -0.3 is 19.2 Å². The van der Waals surface area contributed by atoms with Crippen LogP contribution in [0.2, 0.25) is 5.02 Å². The Morgan fingerprint density at radius 3 is 2.73 bits per heavy atom. The molecule has 22 heavy (non-hydrogen) atoms. The number of rotatable bonds is 3. The zero-order chi connectivity index (χ0) is 15.5. The number of nitrogens with zero attached hydrogens (tertiary/aromatic N) is 1. The normalized spacial score (nSPS) is 18.5. The van der Waals surface area contributed by atoms with Crippen LogP contribution in [0.15, 0.2) is 40.8 Å².